The third-order valence-electron chi connectivity index (χ3n) is 2.53. The third-order valence-corrected chi connectivity index (χ3v) is 4.47. The Morgan fingerprint density at radius 1 is 1.26 bits per heavy atom. The van der Waals surface area contributed by atoms with Crippen LogP contribution in [-0.4, -0.2) is 24.8 Å². The van der Waals surface area contributed by atoms with Crippen LogP contribution in [-0.2, 0) is 16.8 Å². The van der Waals surface area contributed by atoms with Gasteiger partial charge in [-0.1, -0.05) is 25.1 Å². The first-order valence-corrected chi connectivity index (χ1v) is 7.72. The van der Waals surface area contributed by atoms with Gasteiger partial charge in [0.15, 0.2) is 0 Å². The van der Waals surface area contributed by atoms with Crippen LogP contribution in [0.2, 0.25) is 0 Å². The number of nitrogens with zero attached hydrogens (tertiary/aromatic N) is 1. The Morgan fingerprint density at radius 3 is 2.32 bits per heavy atom. The molecule has 0 aliphatic rings. The van der Waals surface area contributed by atoms with Crippen molar-refractivity contribution in [2.75, 3.05) is 12.3 Å². The molecular weight excluding hydrogens is 262 g/mol. The number of nitrogens with two attached hydrogens (primary N) is 1. The smallest absolute Gasteiger partial charge is 0.280 e. The summed E-state index contributed by atoms with van der Waals surface area (Å²) in [6.45, 7) is 7.91. The monoisotopic (exact) mass is 285 g/mol. The van der Waals surface area contributed by atoms with Crippen molar-refractivity contribution in [3.8, 4) is 0 Å². The summed E-state index contributed by atoms with van der Waals surface area (Å²) >= 11 is 0. The number of hydrogen-bond donors (Lipinski definition) is 2. The SMILES string of the molecule is CCN(Cc1ccccc1N)S(=O)(=O)NC(C)(C)C. The summed E-state index contributed by atoms with van der Waals surface area (Å²) in [5.74, 6) is 0. The molecule has 1 aromatic rings. The summed E-state index contributed by atoms with van der Waals surface area (Å²) in [6.07, 6.45) is 0. The van der Waals surface area contributed by atoms with E-state index in [-0.39, 0.29) is 6.54 Å². The van der Waals surface area contributed by atoms with Crippen LogP contribution < -0.4 is 10.5 Å². The highest BCUT2D eigenvalue weighted by atomic mass is 32.2. The first-order chi connectivity index (χ1) is 8.65. The predicted octanol–water partition coefficient (Wildman–Crippen LogP) is 1.72. The minimum Gasteiger partial charge on any atom is -0.398 e. The van der Waals surface area contributed by atoms with E-state index in [0.29, 0.717) is 12.2 Å². The van der Waals surface area contributed by atoms with Gasteiger partial charge >= 0.3 is 0 Å². The number of benzene rings is 1. The normalized spacial score (nSPS) is 12.9. The van der Waals surface area contributed by atoms with Crippen LogP contribution in [0, 0.1) is 0 Å². The van der Waals surface area contributed by atoms with E-state index >= 15 is 0 Å². The lowest BCUT2D eigenvalue weighted by atomic mass is 10.1. The number of anilines is 1. The molecule has 0 heterocycles. The maximum Gasteiger partial charge on any atom is 0.280 e. The van der Waals surface area contributed by atoms with E-state index in [4.69, 9.17) is 5.73 Å². The summed E-state index contributed by atoms with van der Waals surface area (Å²) in [5.41, 5.74) is 6.76. The molecule has 0 unspecified atom stereocenters. The molecule has 3 N–H and O–H groups in total. The Kier molecular flexibility index (Phi) is 4.95. The van der Waals surface area contributed by atoms with Crippen molar-refractivity contribution in [2.24, 2.45) is 0 Å². The molecule has 1 rings (SSSR count). The molecule has 108 valence electrons. The molecule has 0 amide bonds. The Bertz CT molecular complexity index is 521. The van der Waals surface area contributed by atoms with Crippen molar-refractivity contribution < 1.29 is 8.42 Å². The zero-order valence-corrected chi connectivity index (χ0v) is 12.8. The van der Waals surface area contributed by atoms with Gasteiger partial charge < -0.3 is 5.73 Å². The Balaban J connectivity index is 2.93. The fourth-order valence-corrected chi connectivity index (χ4v) is 3.24. The van der Waals surface area contributed by atoms with Crippen LogP contribution in [0.15, 0.2) is 24.3 Å². The lowest BCUT2D eigenvalue weighted by molar-refractivity contribution is 0.392. The maximum atomic E-state index is 12.3. The molecule has 0 aliphatic heterocycles. The summed E-state index contributed by atoms with van der Waals surface area (Å²) in [6, 6.07) is 7.29. The minimum absolute atomic E-state index is 0.272. The molecule has 0 saturated carbocycles. The van der Waals surface area contributed by atoms with Gasteiger partial charge in [0.2, 0.25) is 0 Å². The number of hydrogen-bond acceptors (Lipinski definition) is 3. The van der Waals surface area contributed by atoms with Crippen LogP contribution in [0.25, 0.3) is 0 Å². The summed E-state index contributed by atoms with van der Waals surface area (Å²) < 4.78 is 28.6. The first-order valence-electron chi connectivity index (χ1n) is 6.28. The second-order valence-electron chi connectivity index (χ2n) is 5.48. The average molecular weight is 285 g/mol. The highest BCUT2D eigenvalue weighted by Crippen LogP contribution is 2.16. The predicted molar refractivity (Wildman–Crippen MR) is 78.7 cm³/mol. The van der Waals surface area contributed by atoms with E-state index in [9.17, 15) is 8.42 Å². The number of para-hydroxylation sites is 1. The maximum absolute atomic E-state index is 12.3. The van der Waals surface area contributed by atoms with E-state index in [1.807, 2.05) is 39.0 Å². The van der Waals surface area contributed by atoms with E-state index in [0.717, 1.165) is 5.56 Å². The third kappa shape index (κ3) is 4.81. The summed E-state index contributed by atoms with van der Waals surface area (Å²) in [4.78, 5) is 0. The van der Waals surface area contributed by atoms with E-state index < -0.39 is 15.7 Å². The number of nitrogen functional groups attached to an aromatic ring is 1. The van der Waals surface area contributed by atoms with Crippen LogP contribution >= 0.6 is 0 Å². The lowest BCUT2D eigenvalue weighted by Gasteiger charge is -2.27. The molecule has 19 heavy (non-hydrogen) atoms. The highest BCUT2D eigenvalue weighted by molar-refractivity contribution is 7.87. The van der Waals surface area contributed by atoms with Crippen LogP contribution in [0.3, 0.4) is 0 Å². The second kappa shape index (κ2) is 5.90. The number of rotatable bonds is 5. The Hall–Kier alpha value is -1.11. The summed E-state index contributed by atoms with van der Waals surface area (Å²) in [5, 5.41) is 0. The molecule has 0 spiro atoms. The van der Waals surface area contributed by atoms with Crippen molar-refractivity contribution in [1.82, 2.24) is 9.03 Å². The van der Waals surface area contributed by atoms with Crippen molar-refractivity contribution in [3.05, 3.63) is 29.8 Å². The lowest BCUT2D eigenvalue weighted by Crippen LogP contribution is -2.48. The molecule has 6 heteroatoms. The molecular formula is C13H23N3O2S. The van der Waals surface area contributed by atoms with Crippen molar-refractivity contribution in [3.63, 3.8) is 0 Å². The largest absolute Gasteiger partial charge is 0.398 e. The fourth-order valence-electron chi connectivity index (χ4n) is 1.69. The van der Waals surface area contributed by atoms with Gasteiger partial charge in [0, 0.05) is 24.3 Å². The molecule has 0 radical (unpaired) electrons. The van der Waals surface area contributed by atoms with Crippen molar-refractivity contribution in [2.45, 2.75) is 39.8 Å². The Morgan fingerprint density at radius 2 is 1.84 bits per heavy atom. The van der Waals surface area contributed by atoms with Gasteiger partial charge in [-0.15, -0.1) is 0 Å². The van der Waals surface area contributed by atoms with Gasteiger partial charge in [-0.2, -0.15) is 17.4 Å². The average Bonchev–Trinajstić information content (AvgIpc) is 2.24. The molecule has 0 saturated heterocycles. The van der Waals surface area contributed by atoms with Gasteiger partial charge in [0.25, 0.3) is 10.2 Å². The molecule has 0 bridgehead atoms. The van der Waals surface area contributed by atoms with Gasteiger partial charge in [-0.05, 0) is 32.4 Å². The van der Waals surface area contributed by atoms with Gasteiger partial charge in [-0.25, -0.2) is 0 Å². The topological polar surface area (TPSA) is 75.4 Å². The van der Waals surface area contributed by atoms with E-state index in [1.165, 1.54) is 4.31 Å². The zero-order chi connectivity index (χ0) is 14.7. The van der Waals surface area contributed by atoms with Crippen molar-refractivity contribution >= 4 is 15.9 Å². The van der Waals surface area contributed by atoms with Gasteiger partial charge in [-0.3, -0.25) is 0 Å². The molecule has 1 aromatic carbocycles. The molecule has 0 aromatic heterocycles. The zero-order valence-electron chi connectivity index (χ0n) is 12.0. The molecule has 0 aliphatic carbocycles. The van der Waals surface area contributed by atoms with Gasteiger partial charge in [0.1, 0.15) is 0 Å². The molecule has 5 nitrogen and oxygen atoms in total. The van der Waals surface area contributed by atoms with Crippen molar-refractivity contribution in [1.29, 1.82) is 0 Å². The van der Waals surface area contributed by atoms with E-state index in [1.54, 1.807) is 13.0 Å². The first kappa shape index (κ1) is 15.9. The van der Waals surface area contributed by atoms with Crippen LogP contribution in [0.1, 0.15) is 33.3 Å². The standard InChI is InChI=1S/C13H23N3O2S/c1-5-16(19(17,18)15-13(2,3)4)10-11-8-6-7-9-12(11)14/h6-9,15H,5,10,14H2,1-4H3. The van der Waals surface area contributed by atoms with Gasteiger partial charge in [0.05, 0.1) is 0 Å². The quantitative estimate of drug-likeness (QED) is 0.809. The fraction of sp³-hybridized carbons (Fsp3) is 0.538. The highest BCUT2D eigenvalue weighted by Gasteiger charge is 2.26. The van der Waals surface area contributed by atoms with Crippen LogP contribution in [0.5, 0.6) is 0 Å². The van der Waals surface area contributed by atoms with E-state index in [2.05, 4.69) is 4.72 Å². The minimum atomic E-state index is -3.52. The molecule has 0 fully saturated rings. The van der Waals surface area contributed by atoms with Crippen LogP contribution in [0.4, 0.5) is 5.69 Å². The molecule has 0 atom stereocenters. The number of nitrogens with one attached hydrogen (secondary N) is 1. The summed E-state index contributed by atoms with van der Waals surface area (Å²) in [7, 11) is -3.52. The second-order valence-corrected chi connectivity index (χ2v) is 7.15. The Labute approximate surface area is 116 Å².